The summed E-state index contributed by atoms with van der Waals surface area (Å²) >= 11 is 6.89. The van der Waals surface area contributed by atoms with Crippen LogP contribution in [0.2, 0.25) is 0 Å². The van der Waals surface area contributed by atoms with Gasteiger partial charge in [-0.25, -0.2) is 0 Å². The minimum atomic E-state index is 0.0684. The fourth-order valence-electron chi connectivity index (χ4n) is 1.51. The summed E-state index contributed by atoms with van der Waals surface area (Å²) in [6.07, 6.45) is 1.12. The van der Waals surface area contributed by atoms with Crippen molar-refractivity contribution in [2.24, 2.45) is 0 Å². The number of aryl methyl sites for hydroxylation is 1. The van der Waals surface area contributed by atoms with Gasteiger partial charge in [0.1, 0.15) is 0 Å². The van der Waals surface area contributed by atoms with Crippen LogP contribution in [0, 0.1) is 0 Å². The normalized spacial score (nSPS) is 14.7. The molecule has 1 amide bonds. The van der Waals surface area contributed by atoms with Crippen molar-refractivity contribution in [3.05, 3.63) is 21.4 Å². The summed E-state index contributed by atoms with van der Waals surface area (Å²) < 4.78 is 0. The zero-order valence-electron chi connectivity index (χ0n) is 8.22. The number of halogens is 1. The summed E-state index contributed by atoms with van der Waals surface area (Å²) in [6, 6.07) is 2.05. The van der Waals surface area contributed by atoms with Crippen molar-refractivity contribution in [2.75, 3.05) is 17.6 Å². The molecule has 0 fully saturated rings. The molecule has 2 nitrogen and oxygen atoms in total. The molecule has 1 N–H and O–H groups in total. The summed E-state index contributed by atoms with van der Waals surface area (Å²) in [6.45, 7) is 0.691. The van der Waals surface area contributed by atoms with E-state index in [-0.39, 0.29) is 5.91 Å². The first-order valence-electron chi connectivity index (χ1n) is 4.84. The van der Waals surface area contributed by atoms with Crippen LogP contribution in [0.3, 0.4) is 0 Å². The quantitative estimate of drug-likeness (QED) is 0.870. The third-order valence-electron chi connectivity index (χ3n) is 2.23. The Kier molecular flexibility index (Phi) is 4.11. The van der Waals surface area contributed by atoms with Crippen LogP contribution in [-0.4, -0.2) is 23.5 Å². The lowest BCUT2D eigenvalue weighted by Gasteiger charge is -2.08. The number of alkyl halides is 1. The highest BCUT2D eigenvalue weighted by atomic mass is 79.9. The summed E-state index contributed by atoms with van der Waals surface area (Å²) in [4.78, 5) is 14.0. The van der Waals surface area contributed by atoms with E-state index in [0.29, 0.717) is 6.54 Å². The van der Waals surface area contributed by atoms with Crippen LogP contribution in [0.5, 0.6) is 0 Å². The van der Waals surface area contributed by atoms with Gasteiger partial charge >= 0.3 is 0 Å². The fourth-order valence-corrected chi connectivity index (χ4v) is 3.99. The number of carbonyl (C=O) groups is 1. The van der Waals surface area contributed by atoms with Crippen LogP contribution in [-0.2, 0) is 12.2 Å². The minimum absolute atomic E-state index is 0.0684. The van der Waals surface area contributed by atoms with Crippen molar-refractivity contribution in [1.82, 2.24) is 5.32 Å². The van der Waals surface area contributed by atoms with Crippen LogP contribution in [0.4, 0.5) is 0 Å². The second-order valence-electron chi connectivity index (χ2n) is 3.31. The number of nitrogens with one attached hydrogen (secondary N) is 1. The largest absolute Gasteiger partial charge is 0.351 e. The molecule has 82 valence electrons. The van der Waals surface area contributed by atoms with Gasteiger partial charge in [-0.15, -0.1) is 11.3 Å². The number of rotatable bonds is 3. The van der Waals surface area contributed by atoms with E-state index in [0.717, 1.165) is 22.4 Å². The van der Waals surface area contributed by atoms with Crippen LogP contribution < -0.4 is 5.32 Å². The minimum Gasteiger partial charge on any atom is -0.351 e. The van der Waals surface area contributed by atoms with E-state index in [1.165, 1.54) is 16.2 Å². The van der Waals surface area contributed by atoms with Crippen molar-refractivity contribution >= 4 is 44.9 Å². The Labute approximate surface area is 106 Å². The highest BCUT2D eigenvalue weighted by molar-refractivity contribution is 9.09. The fraction of sp³-hybridized carbons (Fsp3) is 0.500. The van der Waals surface area contributed by atoms with E-state index in [4.69, 9.17) is 0 Å². The van der Waals surface area contributed by atoms with E-state index in [2.05, 4.69) is 27.3 Å². The summed E-state index contributed by atoms with van der Waals surface area (Å²) in [5, 5.41) is 3.68. The molecule has 0 aliphatic carbocycles. The van der Waals surface area contributed by atoms with Crippen LogP contribution in [0.25, 0.3) is 0 Å². The lowest BCUT2D eigenvalue weighted by atomic mass is 10.2. The number of hydrogen-bond acceptors (Lipinski definition) is 3. The average molecular weight is 306 g/mol. The van der Waals surface area contributed by atoms with Crippen LogP contribution >= 0.6 is 39.0 Å². The lowest BCUT2D eigenvalue weighted by Crippen LogP contribution is -2.24. The molecule has 2 heterocycles. The van der Waals surface area contributed by atoms with Gasteiger partial charge in [0.2, 0.25) is 0 Å². The first-order chi connectivity index (χ1) is 7.31. The van der Waals surface area contributed by atoms with Gasteiger partial charge in [0.05, 0.1) is 4.88 Å². The third-order valence-corrected chi connectivity index (χ3v) is 4.87. The summed E-state index contributed by atoms with van der Waals surface area (Å²) in [5.41, 5.74) is 1.36. The molecule has 15 heavy (non-hydrogen) atoms. The van der Waals surface area contributed by atoms with Crippen molar-refractivity contribution in [3.63, 3.8) is 0 Å². The number of carbonyl (C=O) groups excluding carboxylic acids is 1. The number of thioether (sulfide) groups is 1. The molecule has 1 aliphatic heterocycles. The molecular formula is C10H12BrNOS2. The van der Waals surface area contributed by atoms with E-state index in [9.17, 15) is 4.79 Å². The lowest BCUT2D eigenvalue weighted by molar-refractivity contribution is 0.0960. The molecule has 0 radical (unpaired) electrons. The van der Waals surface area contributed by atoms with Crippen molar-refractivity contribution < 1.29 is 4.79 Å². The van der Waals surface area contributed by atoms with E-state index in [1.807, 2.05) is 11.8 Å². The van der Waals surface area contributed by atoms with Gasteiger partial charge in [0, 0.05) is 22.5 Å². The average Bonchev–Trinajstić information content (AvgIpc) is 2.69. The maximum Gasteiger partial charge on any atom is 0.261 e. The van der Waals surface area contributed by atoms with E-state index >= 15 is 0 Å². The van der Waals surface area contributed by atoms with Gasteiger partial charge < -0.3 is 5.32 Å². The first-order valence-corrected chi connectivity index (χ1v) is 7.94. The monoisotopic (exact) mass is 305 g/mol. The second-order valence-corrected chi connectivity index (χ2v) is 6.34. The maximum atomic E-state index is 11.7. The van der Waals surface area contributed by atoms with Crippen molar-refractivity contribution in [2.45, 2.75) is 12.2 Å². The number of amides is 1. The highest BCUT2D eigenvalue weighted by Gasteiger charge is 2.16. The smallest absolute Gasteiger partial charge is 0.261 e. The standard InChI is InChI=1S/C10H12BrNOS2/c11-2-3-12-10(13)9-5-7-6-14-4-1-8(7)15-9/h5H,1-4,6H2,(H,12,13). The number of fused-ring (bicyclic) bond motifs is 1. The number of thiophene rings is 1. The van der Waals surface area contributed by atoms with Gasteiger partial charge in [0.15, 0.2) is 0 Å². The van der Waals surface area contributed by atoms with Gasteiger partial charge in [0.25, 0.3) is 5.91 Å². The predicted molar refractivity (Wildman–Crippen MR) is 70.3 cm³/mol. The van der Waals surface area contributed by atoms with Crippen LogP contribution in [0.1, 0.15) is 20.1 Å². The van der Waals surface area contributed by atoms with Crippen LogP contribution in [0.15, 0.2) is 6.07 Å². The van der Waals surface area contributed by atoms with Crippen molar-refractivity contribution in [3.8, 4) is 0 Å². The van der Waals surface area contributed by atoms with Gasteiger partial charge in [-0.05, 0) is 23.8 Å². The Bertz CT molecular complexity index is 341. The molecule has 1 aliphatic rings. The molecule has 5 heteroatoms. The van der Waals surface area contributed by atoms with E-state index in [1.54, 1.807) is 11.3 Å². The number of hydrogen-bond donors (Lipinski definition) is 1. The van der Waals surface area contributed by atoms with Gasteiger partial charge in [-0.2, -0.15) is 11.8 Å². The molecule has 0 spiro atoms. The second kappa shape index (κ2) is 5.37. The Morgan fingerprint density at radius 2 is 2.47 bits per heavy atom. The molecule has 2 rings (SSSR count). The Hall–Kier alpha value is -0.000000000000000111. The SMILES string of the molecule is O=C(NCCBr)c1cc2c(s1)CCSC2. The molecule has 0 saturated heterocycles. The predicted octanol–water partition coefficient (Wildman–Crippen LogP) is 2.66. The molecule has 0 unspecified atom stereocenters. The summed E-state index contributed by atoms with van der Waals surface area (Å²) in [5.74, 6) is 2.33. The molecular weight excluding hydrogens is 294 g/mol. The zero-order valence-corrected chi connectivity index (χ0v) is 11.4. The molecule has 0 saturated carbocycles. The first kappa shape index (κ1) is 11.5. The van der Waals surface area contributed by atoms with Gasteiger partial charge in [-0.3, -0.25) is 4.79 Å². The molecule has 0 aromatic carbocycles. The molecule has 1 aromatic heterocycles. The highest BCUT2D eigenvalue weighted by Crippen LogP contribution is 2.31. The Balaban J connectivity index is 2.08. The Morgan fingerprint density at radius 3 is 3.20 bits per heavy atom. The summed E-state index contributed by atoms with van der Waals surface area (Å²) in [7, 11) is 0. The van der Waals surface area contributed by atoms with Gasteiger partial charge in [-0.1, -0.05) is 15.9 Å². The molecule has 0 atom stereocenters. The third kappa shape index (κ3) is 2.77. The molecule has 0 bridgehead atoms. The van der Waals surface area contributed by atoms with Crippen molar-refractivity contribution in [1.29, 1.82) is 0 Å². The zero-order chi connectivity index (χ0) is 10.7. The van der Waals surface area contributed by atoms with E-state index < -0.39 is 0 Å². The Morgan fingerprint density at radius 1 is 1.60 bits per heavy atom. The topological polar surface area (TPSA) is 29.1 Å². The molecule has 1 aromatic rings. The maximum absolute atomic E-state index is 11.7.